The molecule has 0 bridgehead atoms. The minimum atomic E-state index is -0.503. The van der Waals surface area contributed by atoms with Crippen LogP contribution >= 0.6 is 11.6 Å². The molecule has 0 radical (unpaired) electrons. The summed E-state index contributed by atoms with van der Waals surface area (Å²) in [6.07, 6.45) is 6.15. The van der Waals surface area contributed by atoms with Crippen LogP contribution in [0.5, 0.6) is 0 Å². The maximum absolute atomic E-state index is 12.7. The number of amides is 1. The lowest BCUT2D eigenvalue weighted by atomic mass is 9.90. The first kappa shape index (κ1) is 21.5. The van der Waals surface area contributed by atoms with Gasteiger partial charge in [-0.1, -0.05) is 19.1 Å². The van der Waals surface area contributed by atoms with E-state index in [1.807, 2.05) is 59.4 Å². The molecule has 1 aliphatic rings. The summed E-state index contributed by atoms with van der Waals surface area (Å²) >= 11 is 6.23. The van der Waals surface area contributed by atoms with Crippen molar-refractivity contribution < 1.29 is 14.3 Å². The number of nitrogens with zero attached hydrogens (tertiary/aromatic N) is 1. The minimum absolute atomic E-state index is 0.0399. The number of halogens is 1. The smallest absolute Gasteiger partial charge is 0.241 e. The molecule has 0 N–H and O–H groups in total. The van der Waals surface area contributed by atoms with E-state index in [-0.39, 0.29) is 11.9 Å². The number of carbonyl (C=O) groups excluding carboxylic acids is 1. The van der Waals surface area contributed by atoms with Crippen LogP contribution in [0.25, 0.3) is 0 Å². The molecule has 0 aromatic heterocycles. The van der Waals surface area contributed by atoms with Gasteiger partial charge in [-0.05, 0) is 60.8 Å². The summed E-state index contributed by atoms with van der Waals surface area (Å²) in [5.41, 5.74) is -0.812. The molecule has 1 amide bonds. The van der Waals surface area contributed by atoms with Crippen molar-refractivity contribution in [3.8, 4) is 0 Å². The normalized spacial score (nSPS) is 22.7. The lowest BCUT2D eigenvalue weighted by molar-refractivity contribution is -0.154. The fourth-order valence-electron chi connectivity index (χ4n) is 2.65. The van der Waals surface area contributed by atoms with Gasteiger partial charge in [0.15, 0.2) is 6.29 Å². The highest BCUT2D eigenvalue weighted by Crippen LogP contribution is 2.40. The lowest BCUT2D eigenvalue weighted by Crippen LogP contribution is -2.49. The molecule has 24 heavy (non-hydrogen) atoms. The van der Waals surface area contributed by atoms with Gasteiger partial charge in [-0.25, -0.2) is 0 Å². The zero-order chi connectivity index (χ0) is 18.5. The van der Waals surface area contributed by atoms with Gasteiger partial charge in [0.1, 0.15) is 5.38 Å². The van der Waals surface area contributed by atoms with Crippen LogP contribution in [0.15, 0.2) is 12.2 Å². The SMILES string of the molecule is C/C=C/CCCN(C(=O)C(Cl)CC)C(C)C1OC(C)(C)C(C)(C)O1. The summed E-state index contributed by atoms with van der Waals surface area (Å²) in [6, 6.07) is -0.183. The third-order valence-electron chi connectivity index (χ3n) is 5.07. The van der Waals surface area contributed by atoms with Crippen LogP contribution in [0.2, 0.25) is 0 Å². The van der Waals surface area contributed by atoms with E-state index in [0.717, 1.165) is 12.8 Å². The fourth-order valence-corrected chi connectivity index (χ4v) is 2.77. The van der Waals surface area contributed by atoms with Crippen LogP contribution in [0.3, 0.4) is 0 Å². The van der Waals surface area contributed by atoms with Crippen LogP contribution < -0.4 is 0 Å². The number of hydrogen-bond donors (Lipinski definition) is 0. The van der Waals surface area contributed by atoms with Gasteiger partial charge < -0.3 is 14.4 Å². The summed E-state index contributed by atoms with van der Waals surface area (Å²) in [5, 5.41) is -0.503. The summed E-state index contributed by atoms with van der Waals surface area (Å²) in [5.74, 6) is -0.0399. The first-order chi connectivity index (χ1) is 11.1. The Morgan fingerprint density at radius 1 is 1.25 bits per heavy atom. The lowest BCUT2D eigenvalue weighted by Gasteiger charge is -2.34. The molecule has 1 aliphatic heterocycles. The van der Waals surface area contributed by atoms with Gasteiger partial charge in [0, 0.05) is 6.54 Å². The molecule has 0 aromatic rings. The zero-order valence-corrected chi connectivity index (χ0v) is 17.0. The van der Waals surface area contributed by atoms with E-state index in [1.165, 1.54) is 0 Å². The Labute approximate surface area is 152 Å². The number of rotatable bonds is 8. The van der Waals surface area contributed by atoms with Gasteiger partial charge in [-0.2, -0.15) is 0 Å². The second-order valence-corrected chi connectivity index (χ2v) is 8.01. The fraction of sp³-hybridized carbons (Fsp3) is 0.842. The number of allylic oxidation sites excluding steroid dienone is 2. The highest BCUT2D eigenvalue weighted by Gasteiger charge is 2.51. The number of ether oxygens (including phenoxy) is 2. The molecule has 0 aliphatic carbocycles. The summed E-state index contributed by atoms with van der Waals surface area (Å²) < 4.78 is 12.2. The number of carbonyl (C=O) groups is 1. The van der Waals surface area contributed by atoms with E-state index in [9.17, 15) is 4.79 Å². The minimum Gasteiger partial charge on any atom is -0.342 e. The van der Waals surface area contributed by atoms with Crippen molar-refractivity contribution in [2.24, 2.45) is 0 Å². The Hall–Kier alpha value is -0.580. The Balaban J connectivity index is 2.87. The van der Waals surface area contributed by atoms with Crippen molar-refractivity contribution in [1.82, 2.24) is 4.90 Å². The average molecular weight is 360 g/mol. The van der Waals surface area contributed by atoms with Gasteiger partial charge >= 0.3 is 0 Å². The molecular formula is C19H34ClNO3. The van der Waals surface area contributed by atoms with Crippen LogP contribution in [-0.4, -0.2) is 46.3 Å². The third kappa shape index (κ3) is 4.96. The number of alkyl halides is 1. The molecule has 0 spiro atoms. The predicted molar refractivity (Wildman–Crippen MR) is 99.3 cm³/mol. The standard InChI is InChI=1S/C19H34ClNO3/c1-8-10-11-12-13-21(16(22)15(20)9-2)14(3)17-23-18(4,5)19(6,7)24-17/h8,10,14-15,17H,9,11-13H2,1-7H3/b10-8+. The molecular weight excluding hydrogens is 326 g/mol. The van der Waals surface area contributed by atoms with Gasteiger partial charge in [-0.3, -0.25) is 4.79 Å². The first-order valence-electron chi connectivity index (χ1n) is 8.98. The quantitative estimate of drug-likeness (QED) is 0.363. The number of hydrogen-bond acceptors (Lipinski definition) is 3. The molecule has 1 saturated heterocycles. The maximum Gasteiger partial charge on any atom is 0.241 e. The highest BCUT2D eigenvalue weighted by molar-refractivity contribution is 6.30. The van der Waals surface area contributed by atoms with Crippen molar-refractivity contribution in [2.75, 3.05) is 6.54 Å². The third-order valence-corrected chi connectivity index (χ3v) is 5.57. The van der Waals surface area contributed by atoms with E-state index in [1.54, 1.807) is 0 Å². The largest absolute Gasteiger partial charge is 0.342 e. The molecule has 1 fully saturated rings. The highest BCUT2D eigenvalue weighted by atomic mass is 35.5. The molecule has 4 nitrogen and oxygen atoms in total. The van der Waals surface area contributed by atoms with Crippen LogP contribution in [0.1, 0.15) is 67.7 Å². The Bertz CT molecular complexity index is 432. The Kier molecular flexibility index (Phi) is 7.76. The predicted octanol–water partition coefficient (Wildman–Crippen LogP) is 4.51. The van der Waals surface area contributed by atoms with E-state index in [0.29, 0.717) is 13.0 Å². The summed E-state index contributed by atoms with van der Waals surface area (Å²) in [6.45, 7) is 14.6. The second-order valence-electron chi connectivity index (χ2n) is 7.48. The Morgan fingerprint density at radius 3 is 2.25 bits per heavy atom. The van der Waals surface area contributed by atoms with Crippen LogP contribution in [-0.2, 0) is 14.3 Å². The number of unbranched alkanes of at least 4 members (excludes halogenated alkanes) is 1. The molecule has 1 heterocycles. The topological polar surface area (TPSA) is 38.8 Å². The molecule has 0 aromatic carbocycles. The molecule has 2 atom stereocenters. The van der Waals surface area contributed by atoms with Gasteiger partial charge in [0.05, 0.1) is 17.2 Å². The average Bonchev–Trinajstić information content (AvgIpc) is 2.73. The Morgan fingerprint density at radius 2 is 1.79 bits per heavy atom. The molecule has 5 heteroatoms. The van der Waals surface area contributed by atoms with Crippen LogP contribution in [0.4, 0.5) is 0 Å². The molecule has 140 valence electrons. The van der Waals surface area contributed by atoms with Gasteiger partial charge in [-0.15, -0.1) is 11.6 Å². The first-order valence-corrected chi connectivity index (χ1v) is 9.42. The summed E-state index contributed by atoms with van der Waals surface area (Å²) in [4.78, 5) is 14.5. The van der Waals surface area contributed by atoms with Crippen molar-refractivity contribution in [3.05, 3.63) is 12.2 Å². The van der Waals surface area contributed by atoms with Gasteiger partial charge in [0.2, 0.25) is 5.91 Å². The second kappa shape index (κ2) is 8.68. The van der Waals surface area contributed by atoms with Crippen LogP contribution in [0, 0.1) is 0 Å². The van der Waals surface area contributed by atoms with Crippen molar-refractivity contribution in [3.63, 3.8) is 0 Å². The van der Waals surface area contributed by atoms with Crippen molar-refractivity contribution >= 4 is 17.5 Å². The molecule has 1 rings (SSSR count). The summed E-state index contributed by atoms with van der Waals surface area (Å²) in [7, 11) is 0. The molecule has 0 saturated carbocycles. The monoisotopic (exact) mass is 359 g/mol. The van der Waals surface area contributed by atoms with E-state index >= 15 is 0 Å². The molecule has 2 unspecified atom stereocenters. The van der Waals surface area contributed by atoms with E-state index in [2.05, 4.69) is 6.08 Å². The van der Waals surface area contributed by atoms with Crippen molar-refractivity contribution in [1.29, 1.82) is 0 Å². The zero-order valence-electron chi connectivity index (χ0n) is 16.3. The van der Waals surface area contributed by atoms with E-state index in [4.69, 9.17) is 21.1 Å². The van der Waals surface area contributed by atoms with E-state index < -0.39 is 22.9 Å². The van der Waals surface area contributed by atoms with Crippen molar-refractivity contribution in [2.45, 2.75) is 96.6 Å². The van der Waals surface area contributed by atoms with Gasteiger partial charge in [0.25, 0.3) is 0 Å². The maximum atomic E-state index is 12.7.